The molecule has 1 fully saturated rings. The monoisotopic (exact) mass is 342 g/mol. The number of hydrogen-bond donors (Lipinski definition) is 1. The van der Waals surface area contributed by atoms with E-state index in [0.717, 1.165) is 0 Å². The summed E-state index contributed by atoms with van der Waals surface area (Å²) in [5.74, 6) is 1.22. The Morgan fingerprint density at radius 2 is 2.00 bits per heavy atom. The van der Waals surface area contributed by atoms with Crippen LogP contribution in [0.15, 0.2) is 18.2 Å². The standard InChI is InChI=1S/C15H22N2O5S/c1-17(12-6-7-23(19,20)10-12)9-15(18)16-11-4-5-13(21-2)14(8-11)22-3/h4-5,8,12H,6-7,9-10H2,1-3H3,(H,16,18). The van der Waals surface area contributed by atoms with Crippen molar-refractivity contribution < 1.29 is 22.7 Å². The van der Waals surface area contributed by atoms with E-state index in [1.807, 2.05) is 0 Å². The van der Waals surface area contributed by atoms with Gasteiger partial charge in [0.05, 0.1) is 32.3 Å². The highest BCUT2D eigenvalue weighted by molar-refractivity contribution is 7.91. The highest BCUT2D eigenvalue weighted by Gasteiger charge is 2.31. The Morgan fingerprint density at radius 1 is 1.30 bits per heavy atom. The van der Waals surface area contributed by atoms with Gasteiger partial charge in [-0.2, -0.15) is 0 Å². The molecule has 1 aromatic rings. The van der Waals surface area contributed by atoms with Crippen molar-refractivity contribution >= 4 is 21.4 Å². The van der Waals surface area contributed by atoms with Crippen LogP contribution in [0.25, 0.3) is 0 Å². The van der Waals surface area contributed by atoms with Gasteiger partial charge < -0.3 is 14.8 Å². The lowest BCUT2D eigenvalue weighted by Crippen LogP contribution is -2.38. The molecule has 1 N–H and O–H groups in total. The zero-order chi connectivity index (χ0) is 17.0. The molecule has 0 spiro atoms. The lowest BCUT2D eigenvalue weighted by molar-refractivity contribution is -0.117. The fraction of sp³-hybridized carbons (Fsp3) is 0.533. The van der Waals surface area contributed by atoms with Crippen molar-refractivity contribution in [3.8, 4) is 11.5 Å². The van der Waals surface area contributed by atoms with Crippen LogP contribution in [-0.2, 0) is 14.6 Å². The molecule has 2 rings (SSSR count). The van der Waals surface area contributed by atoms with Crippen LogP contribution >= 0.6 is 0 Å². The van der Waals surface area contributed by atoms with E-state index in [1.54, 1.807) is 37.3 Å². The van der Waals surface area contributed by atoms with Crippen molar-refractivity contribution in [1.29, 1.82) is 0 Å². The molecule has 1 aliphatic rings. The van der Waals surface area contributed by atoms with Gasteiger partial charge in [-0.25, -0.2) is 8.42 Å². The minimum absolute atomic E-state index is 0.101. The molecule has 0 bridgehead atoms. The Kier molecular flexibility index (Phi) is 5.48. The van der Waals surface area contributed by atoms with Gasteiger partial charge >= 0.3 is 0 Å². The molecule has 1 heterocycles. The number of amides is 1. The molecule has 1 unspecified atom stereocenters. The Balaban J connectivity index is 1.94. The molecule has 1 aliphatic heterocycles. The Bertz CT molecular complexity index is 674. The second kappa shape index (κ2) is 7.18. The number of likely N-dealkylation sites (N-methyl/N-ethyl adjacent to an activating group) is 1. The van der Waals surface area contributed by atoms with E-state index >= 15 is 0 Å². The summed E-state index contributed by atoms with van der Waals surface area (Å²) in [7, 11) is 1.88. The second-order valence-corrected chi connectivity index (χ2v) is 7.82. The van der Waals surface area contributed by atoms with Crippen LogP contribution in [0.1, 0.15) is 6.42 Å². The van der Waals surface area contributed by atoms with E-state index < -0.39 is 9.84 Å². The smallest absolute Gasteiger partial charge is 0.238 e. The molecule has 8 heteroatoms. The number of sulfone groups is 1. The van der Waals surface area contributed by atoms with E-state index in [9.17, 15) is 13.2 Å². The molecule has 128 valence electrons. The Hall–Kier alpha value is -1.80. The molecule has 23 heavy (non-hydrogen) atoms. The normalized spacial score (nSPS) is 19.6. The molecule has 1 aromatic carbocycles. The molecular weight excluding hydrogens is 320 g/mol. The van der Waals surface area contributed by atoms with Crippen LogP contribution in [0.5, 0.6) is 11.5 Å². The Morgan fingerprint density at radius 3 is 2.57 bits per heavy atom. The summed E-state index contributed by atoms with van der Waals surface area (Å²) in [4.78, 5) is 13.9. The molecule has 0 aliphatic carbocycles. The quantitative estimate of drug-likeness (QED) is 0.822. The zero-order valence-electron chi connectivity index (χ0n) is 13.5. The van der Waals surface area contributed by atoms with Crippen LogP contribution < -0.4 is 14.8 Å². The minimum atomic E-state index is -2.96. The fourth-order valence-corrected chi connectivity index (χ4v) is 4.40. The van der Waals surface area contributed by atoms with Gasteiger partial charge in [-0.05, 0) is 25.6 Å². The fourth-order valence-electron chi connectivity index (χ4n) is 2.59. The third kappa shape index (κ3) is 4.59. The lowest BCUT2D eigenvalue weighted by Gasteiger charge is -2.22. The maximum Gasteiger partial charge on any atom is 0.238 e. The van der Waals surface area contributed by atoms with Crippen LogP contribution in [-0.4, -0.2) is 64.6 Å². The molecule has 7 nitrogen and oxygen atoms in total. The SMILES string of the molecule is COc1ccc(NC(=O)CN(C)C2CCS(=O)(=O)C2)cc1OC. The predicted molar refractivity (Wildman–Crippen MR) is 87.9 cm³/mol. The van der Waals surface area contributed by atoms with Gasteiger partial charge in [0.25, 0.3) is 0 Å². The first-order valence-corrected chi connectivity index (χ1v) is 9.09. The highest BCUT2D eigenvalue weighted by Crippen LogP contribution is 2.29. The maximum absolute atomic E-state index is 12.1. The van der Waals surface area contributed by atoms with Crippen molar-refractivity contribution in [2.75, 3.05) is 44.6 Å². The maximum atomic E-state index is 12.1. The van der Waals surface area contributed by atoms with Gasteiger partial charge in [0.15, 0.2) is 21.3 Å². The summed E-state index contributed by atoms with van der Waals surface area (Å²) in [6.45, 7) is 0.133. The predicted octanol–water partition coefficient (Wildman–Crippen LogP) is 0.761. The van der Waals surface area contributed by atoms with Crippen molar-refractivity contribution in [3.05, 3.63) is 18.2 Å². The van der Waals surface area contributed by atoms with E-state index in [1.165, 1.54) is 7.11 Å². The van der Waals surface area contributed by atoms with E-state index in [2.05, 4.69) is 5.32 Å². The van der Waals surface area contributed by atoms with Crippen molar-refractivity contribution in [2.24, 2.45) is 0 Å². The second-order valence-electron chi connectivity index (χ2n) is 5.59. The third-order valence-electron chi connectivity index (χ3n) is 3.89. The molecular formula is C15H22N2O5S. The van der Waals surface area contributed by atoms with Gasteiger partial charge in [0, 0.05) is 17.8 Å². The van der Waals surface area contributed by atoms with Crippen LogP contribution in [0.3, 0.4) is 0 Å². The topological polar surface area (TPSA) is 84.9 Å². The number of carbonyl (C=O) groups excluding carboxylic acids is 1. The summed E-state index contributed by atoms with van der Waals surface area (Å²) in [6.07, 6.45) is 0.572. The summed E-state index contributed by atoms with van der Waals surface area (Å²) < 4.78 is 33.3. The van der Waals surface area contributed by atoms with E-state index in [4.69, 9.17) is 9.47 Å². The van der Waals surface area contributed by atoms with Crippen molar-refractivity contribution in [2.45, 2.75) is 12.5 Å². The van der Waals surface area contributed by atoms with Crippen molar-refractivity contribution in [3.63, 3.8) is 0 Å². The number of ether oxygens (including phenoxy) is 2. The third-order valence-corrected chi connectivity index (χ3v) is 5.64. The lowest BCUT2D eigenvalue weighted by atomic mass is 10.2. The zero-order valence-corrected chi connectivity index (χ0v) is 14.4. The van der Waals surface area contributed by atoms with E-state index in [-0.39, 0.29) is 30.0 Å². The summed E-state index contributed by atoms with van der Waals surface area (Å²) >= 11 is 0. The largest absolute Gasteiger partial charge is 0.493 e. The summed E-state index contributed by atoms with van der Waals surface area (Å²) in [5, 5.41) is 2.78. The first-order chi connectivity index (χ1) is 10.8. The van der Waals surface area contributed by atoms with Crippen LogP contribution in [0, 0.1) is 0 Å². The number of anilines is 1. The number of benzene rings is 1. The average molecular weight is 342 g/mol. The van der Waals surface area contributed by atoms with Gasteiger partial charge in [-0.15, -0.1) is 0 Å². The highest BCUT2D eigenvalue weighted by atomic mass is 32.2. The number of nitrogens with one attached hydrogen (secondary N) is 1. The van der Waals surface area contributed by atoms with Gasteiger partial charge in [0.2, 0.25) is 5.91 Å². The summed E-state index contributed by atoms with van der Waals surface area (Å²) in [5.41, 5.74) is 0.597. The van der Waals surface area contributed by atoms with Crippen LogP contribution in [0.4, 0.5) is 5.69 Å². The molecule has 1 atom stereocenters. The number of rotatable bonds is 6. The van der Waals surface area contributed by atoms with Gasteiger partial charge in [-0.3, -0.25) is 9.69 Å². The number of hydrogen-bond acceptors (Lipinski definition) is 6. The van der Waals surface area contributed by atoms with E-state index in [0.29, 0.717) is 23.6 Å². The molecule has 0 aromatic heterocycles. The first kappa shape index (κ1) is 17.6. The van der Waals surface area contributed by atoms with Crippen molar-refractivity contribution in [1.82, 2.24) is 4.90 Å². The summed E-state index contributed by atoms with van der Waals surface area (Å²) in [6, 6.07) is 5.01. The molecule has 0 radical (unpaired) electrons. The molecule has 1 amide bonds. The Labute approximate surface area is 136 Å². The average Bonchev–Trinajstić information content (AvgIpc) is 2.87. The first-order valence-electron chi connectivity index (χ1n) is 7.27. The van der Waals surface area contributed by atoms with Gasteiger partial charge in [0.1, 0.15) is 0 Å². The number of methoxy groups -OCH3 is 2. The number of nitrogens with zero attached hydrogens (tertiary/aromatic N) is 1. The molecule has 0 saturated carbocycles. The molecule has 1 saturated heterocycles. The minimum Gasteiger partial charge on any atom is -0.493 e. The van der Waals surface area contributed by atoms with Gasteiger partial charge in [-0.1, -0.05) is 0 Å². The van der Waals surface area contributed by atoms with Crippen LogP contribution in [0.2, 0.25) is 0 Å². The number of carbonyl (C=O) groups is 1.